The van der Waals surface area contributed by atoms with Crippen LogP contribution in [0, 0.1) is 34.0 Å². The lowest BCUT2D eigenvalue weighted by molar-refractivity contribution is -0.267. The van der Waals surface area contributed by atoms with Gasteiger partial charge in [0.2, 0.25) is 0 Å². The van der Waals surface area contributed by atoms with E-state index in [1.54, 1.807) is 6.92 Å². The molecule has 4 bridgehead atoms. The molecule has 3 saturated heterocycles. The summed E-state index contributed by atoms with van der Waals surface area (Å²) in [6, 6.07) is 0. The van der Waals surface area contributed by atoms with Gasteiger partial charge in [-0.25, -0.2) is 0 Å². The van der Waals surface area contributed by atoms with Crippen molar-refractivity contribution >= 4 is 5.97 Å². The van der Waals surface area contributed by atoms with E-state index in [1.165, 1.54) is 0 Å². The zero-order chi connectivity index (χ0) is 19.1. The minimum absolute atomic E-state index is 0.0207. The summed E-state index contributed by atoms with van der Waals surface area (Å²) in [5.41, 5.74) is -3.48. The maximum absolute atomic E-state index is 13.3. The molecule has 6 fully saturated rings. The Hall–Kier alpha value is -0.730. The predicted molar refractivity (Wildman–Crippen MR) is 90.1 cm³/mol. The summed E-state index contributed by atoms with van der Waals surface area (Å²) in [5, 5.41) is 33.4. The third kappa shape index (κ3) is 1.54. The maximum atomic E-state index is 13.3. The van der Waals surface area contributed by atoms with Gasteiger partial charge in [-0.05, 0) is 31.1 Å². The fourth-order valence-electron chi connectivity index (χ4n) is 8.33. The quantitative estimate of drug-likeness (QED) is 0.516. The van der Waals surface area contributed by atoms with Crippen molar-refractivity contribution < 1.29 is 34.3 Å². The fourth-order valence-corrected chi connectivity index (χ4v) is 8.33. The van der Waals surface area contributed by atoms with Gasteiger partial charge in [0.25, 0.3) is 0 Å². The van der Waals surface area contributed by atoms with E-state index in [2.05, 4.69) is 13.8 Å². The average Bonchev–Trinajstić information content (AvgIpc) is 3.07. The number of aliphatic hydroxyl groups excluding tert-OH is 2. The number of rotatable bonds is 0. The summed E-state index contributed by atoms with van der Waals surface area (Å²) in [5.74, 6) is -1.33. The molecule has 3 aliphatic carbocycles. The van der Waals surface area contributed by atoms with Crippen molar-refractivity contribution in [2.75, 3.05) is 6.61 Å². The van der Waals surface area contributed by atoms with Crippen molar-refractivity contribution in [2.45, 2.75) is 76.3 Å². The maximum Gasteiger partial charge on any atom is 0.315 e. The summed E-state index contributed by atoms with van der Waals surface area (Å²) in [6.07, 6.45) is -1.56. The highest BCUT2D eigenvalue weighted by atomic mass is 16.7. The second-order valence-electron chi connectivity index (χ2n) is 10.7. The van der Waals surface area contributed by atoms with Gasteiger partial charge in [-0.1, -0.05) is 13.8 Å². The van der Waals surface area contributed by atoms with Gasteiger partial charge in [0.15, 0.2) is 6.29 Å². The average molecular weight is 380 g/mol. The topological polar surface area (TPSA) is 105 Å². The van der Waals surface area contributed by atoms with Crippen molar-refractivity contribution in [1.82, 2.24) is 0 Å². The Kier molecular flexibility index (Phi) is 2.88. The van der Waals surface area contributed by atoms with E-state index in [0.717, 1.165) is 0 Å². The summed E-state index contributed by atoms with van der Waals surface area (Å²) >= 11 is 0. The van der Waals surface area contributed by atoms with E-state index in [9.17, 15) is 20.1 Å². The highest BCUT2D eigenvalue weighted by Gasteiger charge is 2.83. The van der Waals surface area contributed by atoms with Gasteiger partial charge < -0.3 is 29.5 Å². The van der Waals surface area contributed by atoms with Gasteiger partial charge in [0.1, 0.15) is 11.5 Å². The third-order valence-electron chi connectivity index (χ3n) is 9.43. The first-order chi connectivity index (χ1) is 12.6. The number of hydrogen-bond acceptors (Lipinski definition) is 7. The van der Waals surface area contributed by atoms with Crippen LogP contribution in [0.5, 0.6) is 0 Å². The van der Waals surface area contributed by atoms with Crippen molar-refractivity contribution in [1.29, 1.82) is 0 Å². The fraction of sp³-hybridized carbons (Fsp3) is 0.950. The monoisotopic (exact) mass is 380 g/mol. The Morgan fingerprint density at radius 3 is 2.56 bits per heavy atom. The predicted octanol–water partition coefficient (Wildman–Crippen LogP) is 0.198. The first kappa shape index (κ1) is 17.2. The zero-order valence-corrected chi connectivity index (χ0v) is 15.9. The molecule has 2 spiro atoms. The van der Waals surface area contributed by atoms with Crippen molar-refractivity contribution in [2.24, 2.45) is 34.0 Å². The SMILES string of the molecule is CC1(C)[C@@H]2C[C@@H]3OC(=O)[C@@]45C[C@@H](C[C@H](O)[C@H]4[C@]34CO[C@H](O2)[C@H]14)[C@](C)(O)[C@H]5O. The molecule has 0 amide bonds. The van der Waals surface area contributed by atoms with Gasteiger partial charge >= 0.3 is 5.97 Å². The van der Waals surface area contributed by atoms with Crippen LogP contribution in [0.3, 0.4) is 0 Å². The highest BCUT2D eigenvalue weighted by Crippen LogP contribution is 2.74. The molecule has 0 aromatic rings. The molecular formula is C20H28O7. The lowest BCUT2D eigenvalue weighted by atomic mass is 9.43. The van der Waals surface area contributed by atoms with E-state index in [4.69, 9.17) is 14.2 Å². The van der Waals surface area contributed by atoms with Gasteiger partial charge in [0.05, 0.1) is 30.5 Å². The molecule has 0 radical (unpaired) electrons. The van der Waals surface area contributed by atoms with E-state index in [-0.39, 0.29) is 35.7 Å². The number of hydrogen-bond donors (Lipinski definition) is 3. The van der Waals surface area contributed by atoms with E-state index in [0.29, 0.717) is 25.9 Å². The molecule has 0 aromatic carbocycles. The van der Waals surface area contributed by atoms with Crippen molar-refractivity contribution in [3.05, 3.63) is 0 Å². The standard InChI is InChI=1S/C20H28O7/c1-17(2)10-5-11-20(7-25-14(26-10)13(17)20)12-9(21)4-8-6-19(12,16(23)27-11)15(22)18(8,3)24/h8-15,21-22,24H,4-7H2,1-3H3/t8-,9+,10+,11+,12-,13-,14-,15-,18+,19+,20+/m1/s1. The molecule has 3 heterocycles. The summed E-state index contributed by atoms with van der Waals surface area (Å²) in [4.78, 5) is 13.3. The Balaban J connectivity index is 1.58. The van der Waals surface area contributed by atoms with Crippen molar-refractivity contribution in [3.8, 4) is 0 Å². The normalized spacial score (nSPS) is 64.9. The molecule has 3 aliphatic heterocycles. The van der Waals surface area contributed by atoms with Crippen LogP contribution in [0.2, 0.25) is 0 Å². The summed E-state index contributed by atoms with van der Waals surface area (Å²) in [7, 11) is 0. The van der Waals surface area contributed by atoms with Gasteiger partial charge in [0, 0.05) is 23.7 Å². The van der Waals surface area contributed by atoms with Crippen LogP contribution < -0.4 is 0 Å². The number of aliphatic hydroxyl groups is 3. The lowest BCUT2D eigenvalue weighted by Crippen LogP contribution is -2.72. The van der Waals surface area contributed by atoms with Crippen LogP contribution in [0.25, 0.3) is 0 Å². The number of esters is 1. The molecule has 7 heteroatoms. The summed E-state index contributed by atoms with van der Waals surface area (Å²) in [6.45, 7) is 6.25. The molecule has 11 atom stereocenters. The van der Waals surface area contributed by atoms with Crippen LogP contribution in [-0.4, -0.2) is 64.2 Å². The molecule has 0 aromatic heterocycles. The molecule has 6 aliphatic rings. The van der Waals surface area contributed by atoms with Gasteiger partial charge in [-0.2, -0.15) is 0 Å². The zero-order valence-electron chi connectivity index (χ0n) is 15.9. The first-order valence-corrected chi connectivity index (χ1v) is 10.1. The Morgan fingerprint density at radius 1 is 1.07 bits per heavy atom. The third-order valence-corrected chi connectivity index (χ3v) is 9.43. The minimum Gasteiger partial charge on any atom is -0.461 e. The molecule has 7 nitrogen and oxygen atoms in total. The van der Waals surface area contributed by atoms with Crippen LogP contribution in [0.1, 0.15) is 40.0 Å². The Morgan fingerprint density at radius 2 is 1.81 bits per heavy atom. The molecule has 3 saturated carbocycles. The lowest BCUT2D eigenvalue weighted by Gasteiger charge is -2.62. The second-order valence-corrected chi connectivity index (χ2v) is 10.7. The number of fused-ring (bicyclic) bond motifs is 2. The van der Waals surface area contributed by atoms with Gasteiger partial charge in [-0.15, -0.1) is 0 Å². The number of ether oxygens (including phenoxy) is 3. The minimum atomic E-state index is -1.42. The summed E-state index contributed by atoms with van der Waals surface area (Å²) < 4.78 is 18.2. The molecular weight excluding hydrogens is 352 g/mol. The van der Waals surface area contributed by atoms with Crippen LogP contribution in [-0.2, 0) is 19.0 Å². The van der Waals surface area contributed by atoms with E-state index in [1.807, 2.05) is 0 Å². The molecule has 6 rings (SSSR count). The van der Waals surface area contributed by atoms with Crippen molar-refractivity contribution in [3.63, 3.8) is 0 Å². The van der Waals surface area contributed by atoms with E-state index < -0.39 is 40.5 Å². The molecule has 27 heavy (non-hydrogen) atoms. The molecule has 0 unspecified atom stereocenters. The number of carbonyl (C=O) groups excluding carboxylic acids is 1. The van der Waals surface area contributed by atoms with Crippen LogP contribution in [0.4, 0.5) is 0 Å². The first-order valence-electron chi connectivity index (χ1n) is 10.1. The van der Waals surface area contributed by atoms with E-state index >= 15 is 0 Å². The highest BCUT2D eigenvalue weighted by molar-refractivity contribution is 5.81. The number of carbonyl (C=O) groups is 1. The van der Waals surface area contributed by atoms with Crippen LogP contribution in [0.15, 0.2) is 0 Å². The molecule has 150 valence electrons. The molecule has 3 N–H and O–H groups in total. The van der Waals surface area contributed by atoms with Crippen LogP contribution >= 0.6 is 0 Å². The Bertz CT molecular complexity index is 734. The van der Waals surface area contributed by atoms with Gasteiger partial charge in [-0.3, -0.25) is 4.79 Å². The second kappa shape index (κ2) is 4.54. The Labute approximate surface area is 158 Å². The smallest absolute Gasteiger partial charge is 0.315 e. The largest absolute Gasteiger partial charge is 0.461 e.